The van der Waals surface area contributed by atoms with E-state index in [2.05, 4.69) is 54.6 Å². The van der Waals surface area contributed by atoms with Crippen LogP contribution in [0, 0.1) is 0 Å². The zero-order valence-electron chi connectivity index (χ0n) is 10.9. The first-order valence-electron chi connectivity index (χ1n) is 6.63. The Hall–Kier alpha value is -2.34. The molecule has 0 nitrogen and oxygen atoms in total. The molecule has 0 bridgehead atoms. The fraction of sp³-hybridized carbons (Fsp3) is 0. The van der Waals surface area contributed by atoms with E-state index in [4.69, 9.17) is 1.37 Å². The predicted molar refractivity (Wildman–Crippen MR) is 79.0 cm³/mol. The number of hydrogen-bond acceptors (Lipinski definition) is 0. The van der Waals surface area contributed by atoms with Crippen molar-refractivity contribution in [2.75, 3.05) is 0 Å². The Morgan fingerprint density at radius 2 is 0.944 bits per heavy atom. The fourth-order valence-electron chi connectivity index (χ4n) is 2.56. The van der Waals surface area contributed by atoms with E-state index in [-0.39, 0.29) is 0 Å². The normalized spacial score (nSPS) is 12.1. The first-order chi connectivity index (χ1) is 9.31. The smallest absolute Gasteiger partial charge is 0.0616 e. The van der Waals surface area contributed by atoms with Crippen LogP contribution in [0.3, 0.4) is 0 Å². The molecule has 4 aromatic rings. The van der Waals surface area contributed by atoms with Gasteiger partial charge < -0.3 is 0 Å². The van der Waals surface area contributed by atoms with Gasteiger partial charge >= 0.3 is 0 Å². The highest BCUT2D eigenvalue weighted by Gasteiger charge is 2.00. The summed E-state index contributed by atoms with van der Waals surface area (Å²) in [6.07, 6.45) is 0. The molecular weight excluding hydrogens is 216 g/mol. The number of rotatable bonds is 0. The van der Waals surface area contributed by atoms with Gasteiger partial charge in [0.15, 0.2) is 0 Å². The van der Waals surface area contributed by atoms with Crippen LogP contribution in [0.15, 0.2) is 72.8 Å². The summed E-state index contributed by atoms with van der Waals surface area (Å²) in [5.41, 5.74) is 0. The zero-order chi connectivity index (χ0) is 12.8. The van der Waals surface area contributed by atoms with Gasteiger partial charge in [-0.05, 0) is 56.6 Å². The molecular formula is C18H12. The maximum atomic E-state index is 8.00. The van der Waals surface area contributed by atoms with Crippen molar-refractivity contribution in [1.29, 1.82) is 0 Å². The van der Waals surface area contributed by atoms with Gasteiger partial charge in [0.25, 0.3) is 0 Å². The first kappa shape index (κ1) is 8.71. The Kier molecular flexibility index (Phi) is 1.73. The van der Waals surface area contributed by atoms with Crippen LogP contribution in [-0.2, 0) is 0 Å². The number of benzene rings is 4. The second-order valence-corrected chi connectivity index (χ2v) is 4.66. The van der Waals surface area contributed by atoms with Gasteiger partial charge in [0.05, 0.1) is 1.37 Å². The maximum absolute atomic E-state index is 8.00. The lowest BCUT2D eigenvalue weighted by Crippen LogP contribution is -1.78. The Morgan fingerprint density at radius 1 is 0.500 bits per heavy atom. The highest BCUT2D eigenvalue weighted by Crippen LogP contribution is 2.27. The summed E-state index contributed by atoms with van der Waals surface area (Å²) in [5.74, 6) is 0. The zero-order valence-corrected chi connectivity index (χ0v) is 9.85. The Balaban J connectivity index is 2.20. The summed E-state index contributed by atoms with van der Waals surface area (Å²) in [6, 6.07) is 23.6. The SMILES string of the molecule is [2H]c1cccc2cc3cc4ccccc4cc3cc12. The monoisotopic (exact) mass is 229 g/mol. The quantitative estimate of drug-likeness (QED) is 0.366. The summed E-state index contributed by atoms with van der Waals surface area (Å²) < 4.78 is 8.00. The van der Waals surface area contributed by atoms with Gasteiger partial charge in [-0.1, -0.05) is 48.5 Å². The third-order valence-electron chi connectivity index (χ3n) is 3.48. The molecule has 0 atom stereocenters. The summed E-state index contributed by atoms with van der Waals surface area (Å²) in [5, 5.41) is 7.09. The van der Waals surface area contributed by atoms with E-state index in [1.54, 1.807) is 0 Å². The van der Waals surface area contributed by atoms with Gasteiger partial charge in [-0.3, -0.25) is 0 Å². The van der Waals surface area contributed by atoms with E-state index < -0.39 is 0 Å². The minimum atomic E-state index is 0.590. The molecule has 0 unspecified atom stereocenters. The summed E-state index contributed by atoms with van der Waals surface area (Å²) >= 11 is 0. The fourth-order valence-corrected chi connectivity index (χ4v) is 2.56. The average Bonchev–Trinajstić information content (AvgIpc) is 2.44. The molecule has 0 aromatic heterocycles. The molecule has 84 valence electrons. The molecule has 0 spiro atoms. The van der Waals surface area contributed by atoms with E-state index in [0.717, 1.165) is 10.8 Å². The molecule has 0 radical (unpaired) electrons. The third-order valence-corrected chi connectivity index (χ3v) is 3.48. The number of hydrogen-bond donors (Lipinski definition) is 0. The number of fused-ring (bicyclic) bond motifs is 3. The molecule has 0 aliphatic heterocycles. The molecule has 0 amide bonds. The van der Waals surface area contributed by atoms with Crippen molar-refractivity contribution >= 4 is 32.3 Å². The second kappa shape index (κ2) is 3.58. The maximum Gasteiger partial charge on any atom is 0.0629 e. The molecule has 0 N–H and O–H groups in total. The lowest BCUT2D eigenvalue weighted by atomic mass is 10.00. The Morgan fingerprint density at radius 3 is 1.56 bits per heavy atom. The van der Waals surface area contributed by atoms with Gasteiger partial charge in [-0.25, -0.2) is 0 Å². The van der Waals surface area contributed by atoms with Gasteiger partial charge in [-0.15, -0.1) is 0 Å². The largest absolute Gasteiger partial charge is 0.0629 e. The minimum absolute atomic E-state index is 0.590. The van der Waals surface area contributed by atoms with E-state index in [1.165, 1.54) is 21.5 Å². The van der Waals surface area contributed by atoms with Crippen LogP contribution in [0.4, 0.5) is 0 Å². The van der Waals surface area contributed by atoms with Gasteiger partial charge in [0.1, 0.15) is 0 Å². The van der Waals surface area contributed by atoms with Crippen molar-refractivity contribution in [3.05, 3.63) is 72.8 Å². The highest BCUT2D eigenvalue weighted by atomic mass is 14.0. The van der Waals surface area contributed by atoms with Crippen molar-refractivity contribution in [2.45, 2.75) is 0 Å². The Bertz CT molecular complexity index is 922. The van der Waals surface area contributed by atoms with Crippen LogP contribution in [-0.4, -0.2) is 0 Å². The molecule has 18 heavy (non-hydrogen) atoms. The summed E-state index contributed by atoms with van der Waals surface area (Å²) in [7, 11) is 0. The van der Waals surface area contributed by atoms with Gasteiger partial charge in [0, 0.05) is 0 Å². The van der Waals surface area contributed by atoms with E-state index in [1.807, 2.05) is 12.1 Å². The second-order valence-electron chi connectivity index (χ2n) is 4.66. The van der Waals surface area contributed by atoms with E-state index >= 15 is 0 Å². The van der Waals surface area contributed by atoms with Crippen molar-refractivity contribution in [3.8, 4) is 0 Å². The van der Waals surface area contributed by atoms with E-state index in [9.17, 15) is 0 Å². The van der Waals surface area contributed by atoms with Crippen molar-refractivity contribution in [2.24, 2.45) is 0 Å². The molecule has 0 aliphatic rings. The van der Waals surface area contributed by atoms with Gasteiger partial charge in [-0.2, -0.15) is 0 Å². The van der Waals surface area contributed by atoms with E-state index in [0.29, 0.717) is 6.04 Å². The molecule has 0 saturated carbocycles. The molecule has 4 rings (SSSR count). The molecule has 0 heteroatoms. The minimum Gasteiger partial charge on any atom is -0.0616 e. The van der Waals surface area contributed by atoms with Crippen LogP contribution in [0.25, 0.3) is 32.3 Å². The van der Waals surface area contributed by atoms with Crippen LogP contribution < -0.4 is 0 Å². The standard InChI is InChI=1S/C18H12/c1-2-6-14-10-18-12-16-8-4-3-7-15(16)11-17(18)9-13(14)5-1/h1-12H/i5D. The molecule has 0 aliphatic carbocycles. The topological polar surface area (TPSA) is 0 Å². The summed E-state index contributed by atoms with van der Waals surface area (Å²) in [6.45, 7) is 0. The van der Waals surface area contributed by atoms with Crippen molar-refractivity contribution in [3.63, 3.8) is 0 Å². The first-order valence-corrected chi connectivity index (χ1v) is 6.13. The summed E-state index contributed by atoms with van der Waals surface area (Å²) in [4.78, 5) is 0. The van der Waals surface area contributed by atoms with Crippen molar-refractivity contribution in [1.82, 2.24) is 0 Å². The van der Waals surface area contributed by atoms with Crippen LogP contribution in [0.1, 0.15) is 1.37 Å². The highest BCUT2D eigenvalue weighted by molar-refractivity contribution is 6.04. The lowest BCUT2D eigenvalue weighted by Gasteiger charge is -2.04. The van der Waals surface area contributed by atoms with Crippen molar-refractivity contribution < 1.29 is 1.37 Å². The Labute approximate surface area is 107 Å². The third kappa shape index (κ3) is 1.39. The molecule has 0 heterocycles. The lowest BCUT2D eigenvalue weighted by molar-refractivity contribution is 1.77. The van der Waals surface area contributed by atoms with Crippen LogP contribution in [0.2, 0.25) is 0 Å². The van der Waals surface area contributed by atoms with Crippen LogP contribution in [0.5, 0.6) is 0 Å². The molecule has 4 aromatic carbocycles. The average molecular weight is 229 g/mol. The molecule has 0 saturated heterocycles. The molecule has 0 fully saturated rings. The predicted octanol–water partition coefficient (Wildman–Crippen LogP) is 5.15. The van der Waals surface area contributed by atoms with Gasteiger partial charge in [0.2, 0.25) is 0 Å². The van der Waals surface area contributed by atoms with Crippen LogP contribution >= 0.6 is 0 Å².